The molecule has 4 N–H and O–H groups in total. The predicted molar refractivity (Wildman–Crippen MR) is 134 cm³/mol. The zero-order chi connectivity index (χ0) is 22.3. The molecule has 0 spiro atoms. The molecule has 168 valence electrons. The summed E-state index contributed by atoms with van der Waals surface area (Å²) in [7, 11) is 0. The molecule has 4 aromatic rings. The average Bonchev–Trinajstić information content (AvgIpc) is 3.49. The zero-order valence-corrected chi connectivity index (χ0v) is 19.0. The largest absolute Gasteiger partial charge is 0.351 e. The van der Waals surface area contributed by atoms with E-state index in [9.17, 15) is 0 Å². The summed E-state index contributed by atoms with van der Waals surface area (Å²) in [4.78, 5) is 13.1. The second kappa shape index (κ2) is 8.31. The van der Waals surface area contributed by atoms with Crippen molar-refractivity contribution in [2.45, 2.75) is 56.4 Å². The van der Waals surface area contributed by atoms with Crippen LogP contribution < -0.4 is 11.1 Å². The fourth-order valence-electron chi connectivity index (χ4n) is 5.81. The van der Waals surface area contributed by atoms with E-state index in [4.69, 9.17) is 15.7 Å². The van der Waals surface area contributed by atoms with Gasteiger partial charge in [0.05, 0.1) is 5.69 Å². The summed E-state index contributed by atoms with van der Waals surface area (Å²) in [5, 5.41) is 4.66. The number of nitrogens with two attached hydrogens (primary N) is 1. The van der Waals surface area contributed by atoms with Gasteiger partial charge in [-0.2, -0.15) is 4.98 Å². The molecule has 0 radical (unpaired) electrons. The molecule has 33 heavy (non-hydrogen) atoms. The van der Waals surface area contributed by atoms with Crippen LogP contribution in [0, 0.1) is 0 Å². The quantitative estimate of drug-likeness (QED) is 0.392. The van der Waals surface area contributed by atoms with Gasteiger partial charge in [-0.25, -0.2) is 4.98 Å². The molecule has 0 atom stereocenters. The summed E-state index contributed by atoms with van der Waals surface area (Å²) < 4.78 is 0. The number of anilines is 1. The highest BCUT2D eigenvalue weighted by Crippen LogP contribution is 2.40. The van der Waals surface area contributed by atoms with Gasteiger partial charge in [-0.3, -0.25) is 0 Å². The maximum absolute atomic E-state index is 6.43. The summed E-state index contributed by atoms with van der Waals surface area (Å²) in [5.41, 5.74) is 13.5. The molecule has 2 aromatic carbocycles. The lowest BCUT2D eigenvalue weighted by Gasteiger charge is -2.28. The van der Waals surface area contributed by atoms with E-state index in [0.717, 1.165) is 41.1 Å². The Morgan fingerprint density at radius 1 is 0.939 bits per heavy atom. The van der Waals surface area contributed by atoms with Crippen molar-refractivity contribution in [1.29, 1.82) is 0 Å². The van der Waals surface area contributed by atoms with Crippen molar-refractivity contribution in [1.82, 2.24) is 15.0 Å². The third kappa shape index (κ3) is 3.70. The molecule has 0 amide bonds. The highest BCUT2D eigenvalue weighted by atomic mass is 15.1. The van der Waals surface area contributed by atoms with Crippen LogP contribution in [0.5, 0.6) is 0 Å². The van der Waals surface area contributed by atoms with Crippen molar-refractivity contribution in [3.63, 3.8) is 0 Å². The van der Waals surface area contributed by atoms with E-state index in [2.05, 4.69) is 64.9 Å². The van der Waals surface area contributed by atoms with Crippen LogP contribution in [0.4, 0.5) is 5.95 Å². The number of nitrogens with one attached hydrogen (secondary N) is 2. The van der Waals surface area contributed by atoms with E-state index >= 15 is 0 Å². The molecule has 0 aliphatic heterocycles. The van der Waals surface area contributed by atoms with Crippen LogP contribution in [0.2, 0.25) is 0 Å². The molecule has 0 saturated heterocycles. The second-order valence-electron chi connectivity index (χ2n) is 9.80. The third-order valence-electron chi connectivity index (χ3n) is 7.67. The second-order valence-corrected chi connectivity index (χ2v) is 9.80. The van der Waals surface area contributed by atoms with Crippen LogP contribution in [0.25, 0.3) is 22.3 Å². The van der Waals surface area contributed by atoms with Gasteiger partial charge in [0, 0.05) is 35.1 Å². The summed E-state index contributed by atoms with van der Waals surface area (Å²) in [6, 6.07) is 20.1. The SMILES string of the molecule is NCC1(c2cccc(-c3nc(NC4CCCCC4)nc4[nH]ccc34)c2)Cc2ccccc2C1. The smallest absolute Gasteiger partial charge is 0.225 e. The van der Waals surface area contributed by atoms with E-state index in [1.54, 1.807) is 0 Å². The molecule has 2 heterocycles. The summed E-state index contributed by atoms with van der Waals surface area (Å²) >= 11 is 0. The lowest BCUT2D eigenvalue weighted by Crippen LogP contribution is -2.36. The first-order valence-corrected chi connectivity index (χ1v) is 12.2. The topological polar surface area (TPSA) is 79.6 Å². The van der Waals surface area contributed by atoms with Gasteiger partial charge in [0.1, 0.15) is 5.65 Å². The first-order valence-electron chi connectivity index (χ1n) is 12.2. The number of hydrogen-bond donors (Lipinski definition) is 3. The number of aromatic amines is 1. The molecule has 0 bridgehead atoms. The van der Waals surface area contributed by atoms with Crippen molar-refractivity contribution >= 4 is 17.0 Å². The van der Waals surface area contributed by atoms with E-state index in [1.807, 2.05) is 6.20 Å². The van der Waals surface area contributed by atoms with Crippen LogP contribution in [-0.4, -0.2) is 27.5 Å². The van der Waals surface area contributed by atoms with E-state index in [1.165, 1.54) is 48.8 Å². The lowest BCUT2D eigenvalue weighted by molar-refractivity contribution is 0.461. The minimum Gasteiger partial charge on any atom is -0.351 e. The number of rotatable bonds is 5. The van der Waals surface area contributed by atoms with Crippen LogP contribution in [-0.2, 0) is 18.3 Å². The molecule has 2 aromatic heterocycles. The van der Waals surface area contributed by atoms with Crippen molar-refractivity contribution in [3.05, 3.63) is 77.5 Å². The first-order chi connectivity index (χ1) is 16.2. The normalized spacial score (nSPS) is 17.8. The Hall–Kier alpha value is -3.18. The van der Waals surface area contributed by atoms with Crippen LogP contribution >= 0.6 is 0 Å². The van der Waals surface area contributed by atoms with Crippen molar-refractivity contribution in [3.8, 4) is 11.3 Å². The lowest BCUT2D eigenvalue weighted by atomic mass is 9.77. The molecule has 2 aliphatic rings. The Bertz CT molecular complexity index is 1260. The van der Waals surface area contributed by atoms with Crippen molar-refractivity contribution in [2.75, 3.05) is 11.9 Å². The monoisotopic (exact) mass is 437 g/mol. The number of H-pyrrole nitrogens is 1. The number of fused-ring (bicyclic) bond motifs is 2. The Morgan fingerprint density at radius 3 is 2.48 bits per heavy atom. The molecule has 5 heteroatoms. The van der Waals surface area contributed by atoms with E-state index in [0.29, 0.717) is 12.6 Å². The first kappa shape index (κ1) is 20.4. The van der Waals surface area contributed by atoms with Gasteiger partial charge < -0.3 is 16.0 Å². The molecule has 6 rings (SSSR count). The average molecular weight is 438 g/mol. The molecular formula is C28H31N5. The third-order valence-corrected chi connectivity index (χ3v) is 7.67. The highest BCUT2D eigenvalue weighted by Gasteiger charge is 2.37. The van der Waals surface area contributed by atoms with Gasteiger partial charge in [0.25, 0.3) is 0 Å². The van der Waals surface area contributed by atoms with Crippen LogP contribution in [0.3, 0.4) is 0 Å². The minimum atomic E-state index is -0.0623. The van der Waals surface area contributed by atoms with Crippen molar-refractivity contribution < 1.29 is 0 Å². The highest BCUT2D eigenvalue weighted by molar-refractivity contribution is 5.91. The van der Waals surface area contributed by atoms with Gasteiger partial charge in [-0.15, -0.1) is 0 Å². The van der Waals surface area contributed by atoms with Crippen LogP contribution in [0.1, 0.15) is 48.8 Å². The molecule has 1 saturated carbocycles. The summed E-state index contributed by atoms with van der Waals surface area (Å²) in [6.07, 6.45) is 10.2. The maximum atomic E-state index is 6.43. The molecule has 0 unspecified atom stereocenters. The zero-order valence-electron chi connectivity index (χ0n) is 19.0. The standard InChI is InChI=1S/C28H31N5/c29-18-28(16-20-7-4-5-8-21(20)17-28)22-10-6-9-19(15-22)25-24-13-14-30-26(24)33-27(32-25)31-23-11-2-1-3-12-23/h4-10,13-15,23H,1-3,11-12,16-18,29H2,(H2,30,31,32,33). The minimum absolute atomic E-state index is 0.0623. The number of benzene rings is 2. The molecule has 5 nitrogen and oxygen atoms in total. The van der Waals surface area contributed by atoms with E-state index < -0.39 is 0 Å². The van der Waals surface area contributed by atoms with Crippen LogP contribution in [0.15, 0.2) is 60.8 Å². The Labute approximate surface area is 194 Å². The molecule has 2 aliphatic carbocycles. The molecular weight excluding hydrogens is 406 g/mol. The van der Waals surface area contributed by atoms with E-state index in [-0.39, 0.29) is 5.41 Å². The summed E-state index contributed by atoms with van der Waals surface area (Å²) in [5.74, 6) is 0.721. The van der Waals surface area contributed by atoms with Gasteiger partial charge in [-0.1, -0.05) is 61.7 Å². The summed E-state index contributed by atoms with van der Waals surface area (Å²) in [6.45, 7) is 0.628. The predicted octanol–water partition coefficient (Wildman–Crippen LogP) is 5.36. The van der Waals surface area contributed by atoms with Gasteiger partial charge in [0.2, 0.25) is 5.95 Å². The van der Waals surface area contributed by atoms with Gasteiger partial charge in [0.15, 0.2) is 0 Å². The fourth-order valence-corrected chi connectivity index (χ4v) is 5.81. The van der Waals surface area contributed by atoms with Gasteiger partial charge >= 0.3 is 0 Å². The number of nitrogens with zero attached hydrogens (tertiary/aromatic N) is 2. The number of hydrogen-bond acceptors (Lipinski definition) is 4. The van der Waals surface area contributed by atoms with Gasteiger partial charge in [-0.05, 0) is 54.5 Å². The Kier molecular flexibility index (Phi) is 5.14. The maximum Gasteiger partial charge on any atom is 0.225 e. The molecule has 1 fully saturated rings. The Morgan fingerprint density at radius 2 is 1.73 bits per heavy atom. The van der Waals surface area contributed by atoms with Crippen molar-refractivity contribution in [2.24, 2.45) is 5.73 Å². The Balaban J connectivity index is 1.39. The number of aromatic nitrogens is 3. The fraction of sp³-hybridized carbons (Fsp3) is 0.357.